The zero-order valence-corrected chi connectivity index (χ0v) is 9.40. The number of cyclic esters (lactones) is 1. The fourth-order valence-corrected chi connectivity index (χ4v) is 1.66. The Morgan fingerprint density at radius 2 is 2.24 bits per heavy atom. The Kier molecular flexibility index (Phi) is 2.95. The second-order valence-electron chi connectivity index (χ2n) is 3.89. The number of phenolic OH excluding ortho intramolecular Hbond substituents is 1. The van der Waals surface area contributed by atoms with E-state index < -0.39 is 0 Å². The molecule has 1 heterocycles. The Hall–Kier alpha value is -2.10. The number of phenols is 1. The lowest BCUT2D eigenvalue weighted by Crippen LogP contribution is -1.96. The average molecular weight is 232 g/mol. The first-order valence-electron chi connectivity index (χ1n) is 5.29. The quantitative estimate of drug-likeness (QED) is 0.480. The van der Waals surface area contributed by atoms with Gasteiger partial charge < -0.3 is 9.84 Å². The summed E-state index contributed by atoms with van der Waals surface area (Å²) < 4.78 is 4.80. The number of hydrogen-bond acceptors (Lipinski definition) is 4. The summed E-state index contributed by atoms with van der Waals surface area (Å²) in [5, 5.41) is 9.66. The van der Waals surface area contributed by atoms with Crippen molar-refractivity contribution in [3.8, 4) is 5.75 Å². The SMILES string of the molecule is CC(=O)c1ccc(O)c(C=C2CCOC2=O)c1. The van der Waals surface area contributed by atoms with E-state index in [9.17, 15) is 14.7 Å². The van der Waals surface area contributed by atoms with E-state index in [2.05, 4.69) is 0 Å². The van der Waals surface area contributed by atoms with Crippen molar-refractivity contribution in [1.82, 2.24) is 0 Å². The van der Waals surface area contributed by atoms with Crippen molar-refractivity contribution < 1.29 is 19.4 Å². The lowest BCUT2D eigenvalue weighted by atomic mass is 10.0. The Morgan fingerprint density at radius 3 is 2.82 bits per heavy atom. The predicted molar refractivity (Wildman–Crippen MR) is 61.7 cm³/mol. The Morgan fingerprint density at radius 1 is 1.47 bits per heavy atom. The van der Waals surface area contributed by atoms with Crippen molar-refractivity contribution in [2.45, 2.75) is 13.3 Å². The maximum absolute atomic E-state index is 11.3. The third-order valence-corrected chi connectivity index (χ3v) is 2.63. The number of rotatable bonds is 2. The molecule has 0 atom stereocenters. The molecule has 2 rings (SSSR count). The van der Waals surface area contributed by atoms with Gasteiger partial charge in [0, 0.05) is 23.1 Å². The molecule has 1 fully saturated rings. The number of carbonyl (C=O) groups is 2. The largest absolute Gasteiger partial charge is 0.507 e. The van der Waals surface area contributed by atoms with Gasteiger partial charge in [0.1, 0.15) is 5.75 Å². The molecule has 1 aliphatic rings. The fourth-order valence-electron chi connectivity index (χ4n) is 1.66. The van der Waals surface area contributed by atoms with E-state index in [1.165, 1.54) is 13.0 Å². The van der Waals surface area contributed by atoms with Gasteiger partial charge in [-0.1, -0.05) is 0 Å². The van der Waals surface area contributed by atoms with E-state index in [4.69, 9.17) is 4.74 Å². The van der Waals surface area contributed by atoms with Crippen molar-refractivity contribution >= 4 is 17.8 Å². The van der Waals surface area contributed by atoms with E-state index >= 15 is 0 Å². The molecule has 88 valence electrons. The Bertz CT molecular complexity index is 514. The van der Waals surface area contributed by atoms with Crippen LogP contribution in [0.25, 0.3) is 6.08 Å². The molecule has 1 aromatic carbocycles. The third kappa shape index (κ3) is 2.36. The summed E-state index contributed by atoms with van der Waals surface area (Å²) in [6, 6.07) is 4.56. The van der Waals surface area contributed by atoms with Gasteiger partial charge in [-0.2, -0.15) is 0 Å². The lowest BCUT2D eigenvalue weighted by Gasteiger charge is -2.02. The van der Waals surface area contributed by atoms with Crippen LogP contribution in [0.4, 0.5) is 0 Å². The first-order valence-corrected chi connectivity index (χ1v) is 5.29. The maximum Gasteiger partial charge on any atom is 0.334 e. The maximum atomic E-state index is 11.3. The number of aromatic hydroxyl groups is 1. The first-order chi connectivity index (χ1) is 8.08. The Labute approximate surface area is 98.5 Å². The van der Waals surface area contributed by atoms with Gasteiger partial charge in [-0.25, -0.2) is 4.79 Å². The Balaban J connectivity index is 2.41. The second-order valence-corrected chi connectivity index (χ2v) is 3.89. The van der Waals surface area contributed by atoms with Crippen LogP contribution in [0.15, 0.2) is 23.8 Å². The zero-order valence-electron chi connectivity index (χ0n) is 9.40. The van der Waals surface area contributed by atoms with E-state index in [0.29, 0.717) is 29.7 Å². The van der Waals surface area contributed by atoms with Crippen LogP contribution in [0, 0.1) is 0 Å². The molecule has 0 amide bonds. The predicted octanol–water partition coefficient (Wildman–Crippen LogP) is 1.93. The van der Waals surface area contributed by atoms with Crippen molar-refractivity contribution in [3.63, 3.8) is 0 Å². The highest BCUT2D eigenvalue weighted by atomic mass is 16.5. The number of hydrogen-bond donors (Lipinski definition) is 1. The molecule has 0 unspecified atom stereocenters. The van der Waals surface area contributed by atoms with Crippen LogP contribution in [0.5, 0.6) is 5.75 Å². The fraction of sp³-hybridized carbons (Fsp3) is 0.231. The van der Waals surface area contributed by atoms with Gasteiger partial charge in [0.15, 0.2) is 5.78 Å². The summed E-state index contributed by atoms with van der Waals surface area (Å²) in [6.07, 6.45) is 2.10. The topological polar surface area (TPSA) is 63.6 Å². The van der Waals surface area contributed by atoms with Crippen LogP contribution in [0.1, 0.15) is 29.3 Å². The molecule has 0 saturated carbocycles. The highest BCUT2D eigenvalue weighted by Gasteiger charge is 2.19. The number of Topliss-reactive ketones (excluding diaryl/α,β-unsaturated/α-hetero) is 1. The minimum absolute atomic E-state index is 0.0437. The summed E-state index contributed by atoms with van der Waals surface area (Å²) in [5.41, 5.74) is 1.48. The molecule has 1 aliphatic heterocycles. The molecule has 0 aliphatic carbocycles. The standard InChI is InChI=1S/C13H12O4/c1-8(14)9-2-3-12(15)11(6-9)7-10-4-5-17-13(10)16/h2-3,6-7,15H,4-5H2,1H3. The van der Waals surface area contributed by atoms with Crippen LogP contribution in [-0.2, 0) is 9.53 Å². The third-order valence-electron chi connectivity index (χ3n) is 2.63. The van der Waals surface area contributed by atoms with Gasteiger partial charge >= 0.3 is 5.97 Å². The number of ketones is 1. The monoisotopic (exact) mass is 232 g/mol. The van der Waals surface area contributed by atoms with Crippen molar-refractivity contribution in [2.24, 2.45) is 0 Å². The molecule has 4 heteroatoms. The normalized spacial score (nSPS) is 17.2. The molecule has 0 aromatic heterocycles. The van der Waals surface area contributed by atoms with E-state index in [-0.39, 0.29) is 17.5 Å². The molecule has 1 N–H and O–H groups in total. The molecule has 4 nitrogen and oxygen atoms in total. The van der Waals surface area contributed by atoms with Crippen LogP contribution in [-0.4, -0.2) is 23.5 Å². The molecular formula is C13H12O4. The van der Waals surface area contributed by atoms with Gasteiger partial charge in [-0.05, 0) is 31.2 Å². The molecule has 0 spiro atoms. The van der Waals surface area contributed by atoms with Crippen LogP contribution in [0.3, 0.4) is 0 Å². The summed E-state index contributed by atoms with van der Waals surface area (Å²) in [5.74, 6) is -0.404. The highest BCUT2D eigenvalue weighted by Crippen LogP contribution is 2.24. The molecule has 0 radical (unpaired) electrons. The zero-order chi connectivity index (χ0) is 12.4. The minimum atomic E-state index is -0.363. The average Bonchev–Trinajstić information content (AvgIpc) is 2.67. The van der Waals surface area contributed by atoms with Gasteiger partial charge in [0.25, 0.3) is 0 Å². The van der Waals surface area contributed by atoms with Gasteiger partial charge in [0.2, 0.25) is 0 Å². The second kappa shape index (κ2) is 4.41. The summed E-state index contributed by atoms with van der Waals surface area (Å²) in [7, 11) is 0. The van der Waals surface area contributed by atoms with Gasteiger partial charge in [-0.3, -0.25) is 4.79 Å². The molecule has 1 saturated heterocycles. The number of carbonyl (C=O) groups excluding carboxylic acids is 2. The molecular weight excluding hydrogens is 220 g/mol. The number of benzene rings is 1. The van der Waals surface area contributed by atoms with Crippen LogP contribution >= 0.6 is 0 Å². The first kappa shape index (κ1) is 11.4. The van der Waals surface area contributed by atoms with Crippen molar-refractivity contribution in [2.75, 3.05) is 6.61 Å². The highest BCUT2D eigenvalue weighted by molar-refractivity contribution is 5.97. The lowest BCUT2D eigenvalue weighted by molar-refractivity contribution is -0.134. The minimum Gasteiger partial charge on any atom is -0.507 e. The molecule has 1 aromatic rings. The molecule has 17 heavy (non-hydrogen) atoms. The molecule has 0 bridgehead atoms. The smallest absolute Gasteiger partial charge is 0.334 e. The number of esters is 1. The van der Waals surface area contributed by atoms with E-state index in [1.54, 1.807) is 18.2 Å². The number of ether oxygens (including phenoxy) is 1. The van der Waals surface area contributed by atoms with Gasteiger partial charge in [0.05, 0.1) is 6.61 Å². The van der Waals surface area contributed by atoms with Crippen molar-refractivity contribution in [1.29, 1.82) is 0 Å². The van der Waals surface area contributed by atoms with Crippen LogP contribution < -0.4 is 0 Å². The summed E-state index contributed by atoms with van der Waals surface area (Å²) in [6.45, 7) is 1.82. The summed E-state index contributed by atoms with van der Waals surface area (Å²) in [4.78, 5) is 22.5. The van der Waals surface area contributed by atoms with Crippen LogP contribution in [0.2, 0.25) is 0 Å². The summed E-state index contributed by atoms with van der Waals surface area (Å²) >= 11 is 0. The van der Waals surface area contributed by atoms with E-state index in [0.717, 1.165) is 0 Å². The van der Waals surface area contributed by atoms with Crippen molar-refractivity contribution in [3.05, 3.63) is 34.9 Å². The van der Waals surface area contributed by atoms with Gasteiger partial charge in [-0.15, -0.1) is 0 Å². The van der Waals surface area contributed by atoms with E-state index in [1.807, 2.05) is 0 Å².